The fourth-order valence-electron chi connectivity index (χ4n) is 1.74. The van der Waals surface area contributed by atoms with Crippen LogP contribution in [0.1, 0.15) is 12.8 Å². The number of hydrogen-bond donors (Lipinski definition) is 2. The molecule has 0 bridgehead atoms. The van der Waals surface area contributed by atoms with E-state index in [0.29, 0.717) is 5.92 Å². The van der Waals surface area contributed by atoms with E-state index in [1.54, 1.807) is 0 Å². The predicted molar refractivity (Wildman–Crippen MR) is 73.7 cm³/mol. The zero-order valence-corrected chi connectivity index (χ0v) is 12.0. The number of carbonyl (C=O) groups is 1. The molecule has 1 aliphatic rings. The third-order valence-electron chi connectivity index (χ3n) is 3.06. The van der Waals surface area contributed by atoms with Crippen molar-refractivity contribution in [2.45, 2.75) is 17.7 Å². The minimum absolute atomic E-state index is 0.0276. The van der Waals surface area contributed by atoms with Crippen molar-refractivity contribution in [3.63, 3.8) is 0 Å². The van der Waals surface area contributed by atoms with Crippen molar-refractivity contribution >= 4 is 21.4 Å². The van der Waals surface area contributed by atoms with E-state index in [-0.39, 0.29) is 17.1 Å². The molecule has 2 N–H and O–H groups in total. The molecule has 20 heavy (non-hydrogen) atoms. The first kappa shape index (κ1) is 14.9. The average Bonchev–Trinajstić information content (AvgIpc) is 3.14. The zero-order valence-electron chi connectivity index (χ0n) is 11.1. The molecule has 0 unspecified atom stereocenters. The Morgan fingerprint density at radius 3 is 2.70 bits per heavy atom. The highest BCUT2D eigenvalue weighted by Crippen LogP contribution is 2.27. The van der Waals surface area contributed by atoms with Gasteiger partial charge in [-0.05, 0) is 43.5 Å². The Hall–Kier alpha value is -1.47. The lowest BCUT2D eigenvalue weighted by atomic mass is 10.3. The second-order valence-corrected chi connectivity index (χ2v) is 7.05. The van der Waals surface area contributed by atoms with Gasteiger partial charge in [0.15, 0.2) is 9.84 Å². The van der Waals surface area contributed by atoms with Gasteiger partial charge in [0.1, 0.15) is 5.82 Å². The normalized spacial score (nSPS) is 15.1. The molecule has 2 rings (SSSR count). The van der Waals surface area contributed by atoms with Crippen LogP contribution in [0.5, 0.6) is 0 Å². The molecule has 0 heterocycles. The molecule has 1 fully saturated rings. The molecule has 5 nitrogen and oxygen atoms in total. The number of hydrogen-bond acceptors (Lipinski definition) is 4. The third-order valence-corrected chi connectivity index (χ3v) is 4.17. The molecule has 0 atom stereocenters. The van der Waals surface area contributed by atoms with Gasteiger partial charge in [0.2, 0.25) is 5.91 Å². The Bertz CT molecular complexity index is 612. The van der Waals surface area contributed by atoms with Gasteiger partial charge in [0.05, 0.1) is 17.1 Å². The monoisotopic (exact) mass is 300 g/mol. The van der Waals surface area contributed by atoms with Gasteiger partial charge in [-0.15, -0.1) is 0 Å². The number of halogens is 1. The fraction of sp³-hybridized carbons (Fsp3) is 0.462. The molecule has 0 saturated heterocycles. The van der Waals surface area contributed by atoms with Gasteiger partial charge in [-0.1, -0.05) is 0 Å². The van der Waals surface area contributed by atoms with E-state index < -0.39 is 21.6 Å². The van der Waals surface area contributed by atoms with Crippen LogP contribution in [0.3, 0.4) is 0 Å². The van der Waals surface area contributed by atoms with Crippen LogP contribution in [-0.4, -0.2) is 33.7 Å². The molecule has 0 spiro atoms. The highest BCUT2D eigenvalue weighted by molar-refractivity contribution is 7.90. The van der Waals surface area contributed by atoms with Gasteiger partial charge in [-0.25, -0.2) is 12.8 Å². The summed E-state index contributed by atoms with van der Waals surface area (Å²) in [7, 11) is -3.43. The lowest BCUT2D eigenvalue weighted by Crippen LogP contribution is -2.29. The van der Waals surface area contributed by atoms with Crippen LogP contribution < -0.4 is 10.6 Å². The topological polar surface area (TPSA) is 75.3 Å². The number of benzene rings is 1. The number of amides is 1. The van der Waals surface area contributed by atoms with Gasteiger partial charge >= 0.3 is 0 Å². The quantitative estimate of drug-likeness (QED) is 0.773. The summed E-state index contributed by atoms with van der Waals surface area (Å²) in [6.07, 6.45) is 3.39. The maximum atomic E-state index is 13.5. The summed E-state index contributed by atoms with van der Waals surface area (Å²) in [5.74, 6) is -0.406. The highest BCUT2D eigenvalue weighted by atomic mass is 32.2. The molecule has 0 aliphatic heterocycles. The van der Waals surface area contributed by atoms with E-state index in [1.165, 1.54) is 18.9 Å². The van der Waals surface area contributed by atoms with Gasteiger partial charge < -0.3 is 10.6 Å². The Balaban J connectivity index is 1.98. The van der Waals surface area contributed by atoms with E-state index in [1.807, 2.05) is 0 Å². The van der Waals surface area contributed by atoms with E-state index in [0.717, 1.165) is 24.9 Å². The number of rotatable bonds is 6. The molecular weight excluding hydrogens is 283 g/mol. The molecule has 0 aromatic heterocycles. The summed E-state index contributed by atoms with van der Waals surface area (Å²) in [6.45, 7) is 0.859. The van der Waals surface area contributed by atoms with Gasteiger partial charge in [0, 0.05) is 6.26 Å². The Kier molecular flexibility index (Phi) is 4.39. The number of carbonyl (C=O) groups excluding carboxylic acids is 1. The van der Waals surface area contributed by atoms with Crippen LogP contribution in [0.25, 0.3) is 0 Å². The summed E-state index contributed by atoms with van der Waals surface area (Å²) in [4.78, 5) is 11.6. The molecular formula is C13H17FN2O3S. The van der Waals surface area contributed by atoms with E-state index >= 15 is 0 Å². The summed E-state index contributed by atoms with van der Waals surface area (Å²) in [6, 6.07) is 3.33. The largest absolute Gasteiger partial charge is 0.322 e. The van der Waals surface area contributed by atoms with Crippen molar-refractivity contribution in [1.82, 2.24) is 5.32 Å². The van der Waals surface area contributed by atoms with E-state index in [2.05, 4.69) is 10.6 Å². The first-order valence-electron chi connectivity index (χ1n) is 6.36. The van der Waals surface area contributed by atoms with Gasteiger partial charge in [0.25, 0.3) is 0 Å². The molecule has 1 aromatic rings. The van der Waals surface area contributed by atoms with Crippen molar-refractivity contribution in [3.05, 3.63) is 24.0 Å². The van der Waals surface area contributed by atoms with Crippen LogP contribution in [0.4, 0.5) is 10.1 Å². The van der Waals surface area contributed by atoms with Crippen molar-refractivity contribution in [2.24, 2.45) is 5.92 Å². The van der Waals surface area contributed by atoms with Crippen LogP contribution >= 0.6 is 0 Å². The average molecular weight is 300 g/mol. The number of nitrogens with one attached hydrogen (secondary N) is 2. The maximum Gasteiger partial charge on any atom is 0.238 e. The second-order valence-electron chi connectivity index (χ2n) is 5.04. The molecule has 110 valence electrons. The van der Waals surface area contributed by atoms with E-state index in [4.69, 9.17) is 0 Å². The number of anilines is 1. The van der Waals surface area contributed by atoms with Gasteiger partial charge in [-0.2, -0.15) is 0 Å². The van der Waals surface area contributed by atoms with Crippen molar-refractivity contribution < 1.29 is 17.6 Å². The molecule has 7 heteroatoms. The first-order valence-corrected chi connectivity index (χ1v) is 8.25. The standard InChI is InChI=1S/C13H17FN2O3S/c1-20(18,19)10-4-5-11(14)12(6-10)16-13(17)8-15-7-9-2-3-9/h4-6,9,15H,2-3,7-8H2,1H3,(H,16,17). The third kappa shape index (κ3) is 4.28. The molecule has 1 aliphatic carbocycles. The maximum absolute atomic E-state index is 13.5. The fourth-order valence-corrected chi connectivity index (χ4v) is 2.38. The van der Waals surface area contributed by atoms with Crippen molar-refractivity contribution in [2.75, 3.05) is 24.7 Å². The van der Waals surface area contributed by atoms with E-state index in [9.17, 15) is 17.6 Å². The van der Waals surface area contributed by atoms with Crippen molar-refractivity contribution in [3.8, 4) is 0 Å². The van der Waals surface area contributed by atoms with Crippen LogP contribution in [-0.2, 0) is 14.6 Å². The molecule has 0 radical (unpaired) electrons. The predicted octanol–water partition coefficient (Wildman–Crippen LogP) is 1.17. The number of sulfone groups is 1. The Labute approximate surface area is 117 Å². The van der Waals surface area contributed by atoms with Crippen LogP contribution in [0, 0.1) is 11.7 Å². The minimum atomic E-state index is -3.43. The Morgan fingerprint density at radius 2 is 2.10 bits per heavy atom. The molecule has 1 aromatic carbocycles. The second kappa shape index (κ2) is 5.88. The summed E-state index contributed by atoms with van der Waals surface area (Å²) >= 11 is 0. The molecule has 1 amide bonds. The molecule has 1 saturated carbocycles. The lowest BCUT2D eigenvalue weighted by Gasteiger charge is -2.08. The Morgan fingerprint density at radius 1 is 1.40 bits per heavy atom. The highest BCUT2D eigenvalue weighted by Gasteiger charge is 2.20. The summed E-state index contributed by atoms with van der Waals surface area (Å²) in [5, 5.41) is 5.35. The SMILES string of the molecule is CS(=O)(=O)c1ccc(F)c(NC(=O)CNCC2CC2)c1. The van der Waals surface area contributed by atoms with Crippen LogP contribution in [0.15, 0.2) is 23.1 Å². The van der Waals surface area contributed by atoms with Gasteiger partial charge in [-0.3, -0.25) is 4.79 Å². The first-order chi connectivity index (χ1) is 9.36. The summed E-state index contributed by atoms with van der Waals surface area (Å²) in [5.41, 5.74) is -0.119. The zero-order chi connectivity index (χ0) is 14.8. The van der Waals surface area contributed by atoms with Crippen molar-refractivity contribution in [1.29, 1.82) is 0 Å². The summed E-state index contributed by atoms with van der Waals surface area (Å²) < 4.78 is 36.3. The van der Waals surface area contributed by atoms with Crippen LogP contribution in [0.2, 0.25) is 0 Å². The minimum Gasteiger partial charge on any atom is -0.322 e. The lowest BCUT2D eigenvalue weighted by molar-refractivity contribution is -0.115. The smallest absolute Gasteiger partial charge is 0.238 e.